The maximum Gasteiger partial charge on any atom is 0.314 e. The van der Waals surface area contributed by atoms with Gasteiger partial charge in [-0.2, -0.15) is 5.10 Å². The summed E-state index contributed by atoms with van der Waals surface area (Å²) in [6, 6.07) is 7.44. The number of nitrogens with one attached hydrogen (secondary N) is 2. The number of aromatic nitrogens is 2. The van der Waals surface area contributed by atoms with Gasteiger partial charge >= 0.3 is 11.8 Å². The van der Waals surface area contributed by atoms with Crippen molar-refractivity contribution in [3.05, 3.63) is 41.1 Å². The van der Waals surface area contributed by atoms with Crippen LogP contribution in [0.1, 0.15) is 36.6 Å². The molecule has 1 aromatic heterocycles. The second-order valence-corrected chi connectivity index (χ2v) is 8.68. The van der Waals surface area contributed by atoms with E-state index in [0.717, 1.165) is 18.4 Å². The van der Waals surface area contributed by atoms with Crippen molar-refractivity contribution in [1.82, 2.24) is 15.1 Å². The fourth-order valence-electron chi connectivity index (χ4n) is 2.94. The van der Waals surface area contributed by atoms with Crippen LogP contribution in [0, 0.1) is 6.92 Å². The molecule has 0 aliphatic carbocycles. The molecule has 2 heterocycles. The fraction of sp³-hybridized carbons (Fsp3) is 0.389. The molecule has 27 heavy (non-hydrogen) atoms. The highest BCUT2D eigenvalue weighted by Gasteiger charge is 2.33. The molecular formula is C18H22N4O4S. The van der Waals surface area contributed by atoms with Crippen LogP contribution in [-0.4, -0.2) is 36.6 Å². The van der Waals surface area contributed by atoms with E-state index in [4.69, 9.17) is 0 Å². The molecule has 2 amide bonds. The molecule has 1 aromatic carbocycles. The van der Waals surface area contributed by atoms with Crippen molar-refractivity contribution in [2.45, 2.75) is 38.2 Å². The molecule has 0 saturated heterocycles. The first kappa shape index (κ1) is 19.1. The lowest BCUT2D eigenvalue weighted by molar-refractivity contribution is -0.136. The third-order valence-electron chi connectivity index (χ3n) is 4.29. The fourth-order valence-corrected chi connectivity index (χ4v) is 4.43. The van der Waals surface area contributed by atoms with Crippen LogP contribution in [0.5, 0.6) is 0 Å². The third kappa shape index (κ3) is 4.19. The minimum Gasteiger partial charge on any atom is -0.348 e. The molecule has 2 N–H and O–H groups in total. The Labute approximate surface area is 157 Å². The number of carbonyl (C=O) groups excluding carboxylic acids is 2. The van der Waals surface area contributed by atoms with E-state index in [1.54, 1.807) is 6.07 Å². The number of unbranched alkanes of at least 4 members (excludes halogenated alkanes) is 1. The van der Waals surface area contributed by atoms with Crippen LogP contribution >= 0.6 is 0 Å². The first-order chi connectivity index (χ1) is 12.8. The molecule has 0 bridgehead atoms. The van der Waals surface area contributed by atoms with Gasteiger partial charge in [0.2, 0.25) is 0 Å². The highest BCUT2D eigenvalue weighted by Crippen LogP contribution is 2.33. The molecule has 0 saturated carbocycles. The van der Waals surface area contributed by atoms with Gasteiger partial charge in [0, 0.05) is 12.1 Å². The van der Waals surface area contributed by atoms with E-state index in [1.807, 2.05) is 32.0 Å². The Morgan fingerprint density at radius 2 is 2.00 bits per heavy atom. The lowest BCUT2D eigenvalue weighted by Gasteiger charge is -2.11. The zero-order chi connectivity index (χ0) is 19.6. The number of amides is 2. The van der Waals surface area contributed by atoms with Crippen molar-refractivity contribution < 1.29 is 18.0 Å². The summed E-state index contributed by atoms with van der Waals surface area (Å²) >= 11 is 0. The Balaban J connectivity index is 1.93. The standard InChI is InChI=1S/C18H22N4O4S/c1-3-4-8-19-17(23)18(24)20-16-14-10-27(25,26)11-15(14)21-22(16)13-7-5-6-12(2)9-13/h5-7,9H,3-4,8,10-11H2,1-2H3,(H,19,23)(H,20,24). The summed E-state index contributed by atoms with van der Waals surface area (Å²) in [6.45, 7) is 4.31. The first-order valence-corrected chi connectivity index (χ1v) is 10.6. The summed E-state index contributed by atoms with van der Waals surface area (Å²) in [7, 11) is -3.29. The summed E-state index contributed by atoms with van der Waals surface area (Å²) in [5.74, 6) is -1.75. The number of aryl methyl sites for hydroxylation is 1. The second kappa shape index (κ2) is 7.51. The number of sulfone groups is 1. The topological polar surface area (TPSA) is 110 Å². The number of carbonyl (C=O) groups is 2. The first-order valence-electron chi connectivity index (χ1n) is 8.78. The molecule has 0 radical (unpaired) electrons. The van der Waals surface area contributed by atoms with E-state index >= 15 is 0 Å². The number of rotatable bonds is 5. The summed E-state index contributed by atoms with van der Waals surface area (Å²) in [5, 5.41) is 9.48. The zero-order valence-electron chi connectivity index (χ0n) is 15.3. The molecule has 0 atom stereocenters. The van der Waals surface area contributed by atoms with Crippen molar-refractivity contribution in [2.75, 3.05) is 11.9 Å². The van der Waals surface area contributed by atoms with Gasteiger partial charge in [0.15, 0.2) is 9.84 Å². The molecule has 144 valence electrons. The maximum absolute atomic E-state index is 12.3. The van der Waals surface area contributed by atoms with Crippen LogP contribution < -0.4 is 10.6 Å². The molecule has 8 nitrogen and oxygen atoms in total. The highest BCUT2D eigenvalue weighted by molar-refractivity contribution is 7.90. The van der Waals surface area contributed by atoms with Gasteiger partial charge in [0.25, 0.3) is 0 Å². The molecular weight excluding hydrogens is 368 g/mol. The largest absolute Gasteiger partial charge is 0.348 e. The number of benzene rings is 1. The summed E-state index contributed by atoms with van der Waals surface area (Å²) < 4.78 is 25.4. The van der Waals surface area contributed by atoms with Crippen LogP contribution in [0.2, 0.25) is 0 Å². The van der Waals surface area contributed by atoms with Crippen molar-refractivity contribution >= 4 is 27.5 Å². The van der Waals surface area contributed by atoms with Gasteiger partial charge in [0.1, 0.15) is 5.82 Å². The van der Waals surface area contributed by atoms with Crippen molar-refractivity contribution in [2.24, 2.45) is 0 Å². The van der Waals surface area contributed by atoms with Crippen LogP contribution in [0.3, 0.4) is 0 Å². The SMILES string of the molecule is CCCCNC(=O)C(=O)Nc1c2c(nn1-c1cccc(C)c1)CS(=O)(=O)C2. The van der Waals surface area contributed by atoms with Gasteiger partial charge in [-0.15, -0.1) is 0 Å². The molecule has 1 aliphatic heterocycles. The quantitative estimate of drug-likeness (QED) is 0.593. The van der Waals surface area contributed by atoms with Gasteiger partial charge in [-0.3, -0.25) is 9.59 Å². The predicted octanol–water partition coefficient (Wildman–Crippen LogP) is 1.46. The predicted molar refractivity (Wildman–Crippen MR) is 101 cm³/mol. The molecule has 0 fully saturated rings. The second-order valence-electron chi connectivity index (χ2n) is 6.62. The normalized spacial score (nSPS) is 14.6. The molecule has 3 rings (SSSR count). The lowest BCUT2D eigenvalue weighted by Crippen LogP contribution is -2.36. The molecule has 2 aromatic rings. The lowest BCUT2D eigenvalue weighted by atomic mass is 10.2. The monoisotopic (exact) mass is 390 g/mol. The number of hydrogen-bond acceptors (Lipinski definition) is 5. The molecule has 0 spiro atoms. The van der Waals surface area contributed by atoms with E-state index < -0.39 is 21.7 Å². The van der Waals surface area contributed by atoms with E-state index in [0.29, 0.717) is 23.5 Å². The molecule has 1 aliphatic rings. The average Bonchev–Trinajstić information content (AvgIpc) is 3.07. The summed E-state index contributed by atoms with van der Waals surface area (Å²) in [5.41, 5.74) is 2.51. The van der Waals surface area contributed by atoms with Gasteiger partial charge in [-0.25, -0.2) is 13.1 Å². The number of anilines is 1. The van der Waals surface area contributed by atoms with E-state index in [9.17, 15) is 18.0 Å². The van der Waals surface area contributed by atoms with Crippen LogP contribution in [0.15, 0.2) is 24.3 Å². The summed E-state index contributed by atoms with van der Waals surface area (Å²) in [6.07, 6.45) is 1.67. The Bertz CT molecular complexity index is 995. The molecule has 0 unspecified atom stereocenters. The van der Waals surface area contributed by atoms with E-state index in [1.165, 1.54) is 4.68 Å². The minimum atomic E-state index is -3.29. The maximum atomic E-state index is 12.3. The number of fused-ring (bicyclic) bond motifs is 1. The average molecular weight is 390 g/mol. The Morgan fingerprint density at radius 3 is 2.70 bits per heavy atom. The van der Waals surface area contributed by atoms with E-state index in [2.05, 4.69) is 15.7 Å². The highest BCUT2D eigenvalue weighted by atomic mass is 32.2. The van der Waals surface area contributed by atoms with E-state index in [-0.39, 0.29) is 17.3 Å². The zero-order valence-corrected chi connectivity index (χ0v) is 16.1. The van der Waals surface area contributed by atoms with Crippen LogP contribution in [0.25, 0.3) is 5.69 Å². The Hall–Kier alpha value is -2.68. The van der Waals surface area contributed by atoms with Gasteiger partial charge < -0.3 is 10.6 Å². The smallest absolute Gasteiger partial charge is 0.314 e. The van der Waals surface area contributed by atoms with Gasteiger partial charge in [0.05, 0.1) is 22.9 Å². The minimum absolute atomic E-state index is 0.174. The Morgan fingerprint density at radius 1 is 1.22 bits per heavy atom. The van der Waals surface area contributed by atoms with Crippen LogP contribution in [-0.2, 0) is 30.9 Å². The van der Waals surface area contributed by atoms with Gasteiger partial charge in [-0.1, -0.05) is 25.5 Å². The number of nitrogens with zero attached hydrogens (tertiary/aromatic N) is 2. The Kier molecular flexibility index (Phi) is 5.31. The van der Waals surface area contributed by atoms with Gasteiger partial charge in [-0.05, 0) is 31.0 Å². The summed E-state index contributed by atoms with van der Waals surface area (Å²) in [4.78, 5) is 24.3. The van der Waals surface area contributed by atoms with Crippen molar-refractivity contribution in [1.29, 1.82) is 0 Å². The van der Waals surface area contributed by atoms with Crippen LogP contribution in [0.4, 0.5) is 5.82 Å². The van der Waals surface area contributed by atoms with Crippen molar-refractivity contribution in [3.8, 4) is 5.69 Å². The third-order valence-corrected chi connectivity index (χ3v) is 5.73. The molecule has 9 heteroatoms. The van der Waals surface area contributed by atoms with Crippen molar-refractivity contribution in [3.63, 3.8) is 0 Å². The number of hydrogen-bond donors (Lipinski definition) is 2.